The number of fused-ring (bicyclic) bond motifs is 1. The summed E-state index contributed by atoms with van der Waals surface area (Å²) >= 11 is 0. The number of nitrogens with zero attached hydrogens (tertiary/aromatic N) is 5. The largest absolute Gasteiger partial charge is 0.357 e. The minimum Gasteiger partial charge on any atom is -0.357 e. The Bertz CT molecular complexity index is 1220. The fraction of sp³-hybridized carbons (Fsp3) is 0.217. The second kappa shape index (κ2) is 9.71. The maximum Gasteiger partial charge on any atom is 0.250 e. The monoisotopic (exact) mass is 415 g/mol. The zero-order valence-corrected chi connectivity index (χ0v) is 17.4. The molecule has 0 amide bonds. The van der Waals surface area contributed by atoms with Gasteiger partial charge in [0, 0.05) is 25.0 Å². The van der Waals surface area contributed by atoms with Gasteiger partial charge in [0.1, 0.15) is 0 Å². The average Bonchev–Trinajstić information content (AvgIpc) is 3.21. The van der Waals surface area contributed by atoms with E-state index >= 15 is 0 Å². The zero-order chi connectivity index (χ0) is 21.5. The third-order valence-electron chi connectivity index (χ3n) is 4.84. The minimum atomic E-state index is -0.00186. The smallest absolute Gasteiger partial charge is 0.250 e. The molecule has 3 aromatic heterocycles. The first-order chi connectivity index (χ1) is 15.2. The highest BCUT2D eigenvalue weighted by Crippen LogP contribution is 2.07. The van der Waals surface area contributed by atoms with E-state index in [1.54, 1.807) is 22.9 Å². The SMILES string of the molecule is CCNC(=NCc1ccc(Cn2ccccc2=O)cc1)NCc1nnc2ccccn12. The molecule has 0 saturated heterocycles. The topological polar surface area (TPSA) is 88.6 Å². The molecule has 0 spiro atoms. The molecule has 4 aromatic rings. The number of benzene rings is 1. The van der Waals surface area contributed by atoms with E-state index in [0.29, 0.717) is 19.6 Å². The van der Waals surface area contributed by atoms with Crippen LogP contribution in [0.2, 0.25) is 0 Å². The van der Waals surface area contributed by atoms with Gasteiger partial charge in [0.2, 0.25) is 0 Å². The van der Waals surface area contributed by atoms with Gasteiger partial charge in [-0.05, 0) is 36.2 Å². The van der Waals surface area contributed by atoms with Crippen molar-refractivity contribution in [1.82, 2.24) is 29.8 Å². The number of aromatic nitrogens is 4. The molecule has 0 unspecified atom stereocenters. The molecule has 0 fully saturated rings. The first-order valence-corrected chi connectivity index (χ1v) is 10.3. The second-order valence-electron chi connectivity index (χ2n) is 7.08. The maximum atomic E-state index is 11.9. The lowest BCUT2D eigenvalue weighted by molar-refractivity contribution is 0.758. The van der Waals surface area contributed by atoms with E-state index in [1.165, 1.54) is 0 Å². The average molecular weight is 416 g/mol. The van der Waals surface area contributed by atoms with Crippen molar-refractivity contribution in [2.24, 2.45) is 4.99 Å². The van der Waals surface area contributed by atoms with Crippen LogP contribution < -0.4 is 16.2 Å². The van der Waals surface area contributed by atoms with Crippen LogP contribution in [0, 0.1) is 0 Å². The molecule has 3 heterocycles. The van der Waals surface area contributed by atoms with Gasteiger partial charge in [0.15, 0.2) is 17.4 Å². The molecule has 2 N–H and O–H groups in total. The summed E-state index contributed by atoms with van der Waals surface area (Å²) in [7, 11) is 0. The number of nitrogens with one attached hydrogen (secondary N) is 2. The summed E-state index contributed by atoms with van der Waals surface area (Å²) in [6, 6.07) is 19.2. The molecule has 8 heteroatoms. The van der Waals surface area contributed by atoms with Crippen molar-refractivity contribution in [3.63, 3.8) is 0 Å². The number of pyridine rings is 2. The Labute approximate surface area is 180 Å². The van der Waals surface area contributed by atoms with Crippen molar-refractivity contribution in [2.75, 3.05) is 6.54 Å². The summed E-state index contributed by atoms with van der Waals surface area (Å²) in [5.74, 6) is 1.54. The van der Waals surface area contributed by atoms with E-state index in [2.05, 4.69) is 25.8 Å². The van der Waals surface area contributed by atoms with Crippen molar-refractivity contribution < 1.29 is 0 Å². The summed E-state index contributed by atoms with van der Waals surface area (Å²) in [5, 5.41) is 15.0. The first kappa shape index (κ1) is 20.3. The summed E-state index contributed by atoms with van der Waals surface area (Å²) in [4.78, 5) is 16.5. The maximum absolute atomic E-state index is 11.9. The Morgan fingerprint density at radius 3 is 2.52 bits per heavy atom. The van der Waals surface area contributed by atoms with E-state index in [0.717, 1.165) is 35.1 Å². The molecular formula is C23H25N7O. The van der Waals surface area contributed by atoms with Gasteiger partial charge in [0.05, 0.1) is 19.6 Å². The Balaban J connectivity index is 1.38. The van der Waals surface area contributed by atoms with Gasteiger partial charge in [-0.3, -0.25) is 9.20 Å². The van der Waals surface area contributed by atoms with E-state index in [1.807, 2.05) is 66.1 Å². The molecule has 0 radical (unpaired) electrons. The highest BCUT2D eigenvalue weighted by molar-refractivity contribution is 5.79. The van der Waals surface area contributed by atoms with Gasteiger partial charge in [0.25, 0.3) is 5.56 Å². The number of rotatable bonds is 7. The van der Waals surface area contributed by atoms with Crippen LogP contribution in [0.3, 0.4) is 0 Å². The molecule has 1 aromatic carbocycles. The molecular weight excluding hydrogens is 390 g/mol. The third kappa shape index (κ3) is 5.16. The van der Waals surface area contributed by atoms with Gasteiger partial charge in [-0.15, -0.1) is 10.2 Å². The van der Waals surface area contributed by atoms with Gasteiger partial charge < -0.3 is 15.2 Å². The predicted octanol–water partition coefficient (Wildman–Crippen LogP) is 2.19. The van der Waals surface area contributed by atoms with Crippen LogP contribution in [0.4, 0.5) is 0 Å². The van der Waals surface area contributed by atoms with E-state index < -0.39 is 0 Å². The second-order valence-corrected chi connectivity index (χ2v) is 7.08. The van der Waals surface area contributed by atoms with Crippen molar-refractivity contribution >= 4 is 11.6 Å². The molecule has 0 saturated carbocycles. The highest BCUT2D eigenvalue weighted by Gasteiger charge is 2.06. The number of guanidine groups is 1. The summed E-state index contributed by atoms with van der Waals surface area (Å²) in [6.45, 7) is 4.41. The van der Waals surface area contributed by atoms with Gasteiger partial charge in [-0.2, -0.15) is 0 Å². The predicted molar refractivity (Wildman–Crippen MR) is 121 cm³/mol. The summed E-state index contributed by atoms with van der Waals surface area (Å²) in [6.07, 6.45) is 3.75. The fourth-order valence-electron chi connectivity index (χ4n) is 3.22. The Morgan fingerprint density at radius 1 is 0.935 bits per heavy atom. The number of hydrogen-bond donors (Lipinski definition) is 2. The Morgan fingerprint density at radius 2 is 1.71 bits per heavy atom. The summed E-state index contributed by atoms with van der Waals surface area (Å²) < 4.78 is 3.64. The Kier molecular flexibility index (Phi) is 6.37. The molecule has 31 heavy (non-hydrogen) atoms. The number of aliphatic imine (C=N–C) groups is 1. The van der Waals surface area contributed by atoms with Crippen LogP contribution in [0.25, 0.3) is 5.65 Å². The van der Waals surface area contributed by atoms with Crippen molar-refractivity contribution in [3.8, 4) is 0 Å². The molecule has 0 aliphatic rings. The molecule has 0 aliphatic carbocycles. The normalized spacial score (nSPS) is 11.6. The molecule has 0 bridgehead atoms. The lowest BCUT2D eigenvalue weighted by Gasteiger charge is -2.11. The molecule has 158 valence electrons. The third-order valence-corrected chi connectivity index (χ3v) is 4.84. The minimum absolute atomic E-state index is 0.00186. The Hall–Kier alpha value is -3.94. The van der Waals surface area contributed by atoms with Gasteiger partial charge in [-0.1, -0.05) is 36.4 Å². The quantitative estimate of drug-likeness (QED) is 0.357. The number of hydrogen-bond acceptors (Lipinski definition) is 4. The molecule has 0 aliphatic heterocycles. The van der Waals surface area contributed by atoms with Crippen molar-refractivity contribution in [2.45, 2.75) is 26.6 Å². The molecule has 0 atom stereocenters. The van der Waals surface area contributed by atoms with Crippen molar-refractivity contribution in [3.05, 3.63) is 100 Å². The van der Waals surface area contributed by atoms with Crippen LogP contribution in [0.5, 0.6) is 0 Å². The van der Waals surface area contributed by atoms with Crippen LogP contribution in [-0.2, 0) is 19.6 Å². The van der Waals surface area contributed by atoms with Gasteiger partial charge in [-0.25, -0.2) is 4.99 Å². The standard InChI is InChI=1S/C23H25N7O/c1-2-24-23(26-16-21-28-27-20-7-3-6-14-30(20)21)25-15-18-9-11-19(12-10-18)17-29-13-5-4-8-22(29)31/h3-14H,2,15-17H2,1H3,(H2,24,25,26). The summed E-state index contributed by atoms with van der Waals surface area (Å²) in [5.41, 5.74) is 2.98. The first-order valence-electron chi connectivity index (χ1n) is 10.3. The fourth-order valence-corrected chi connectivity index (χ4v) is 3.22. The van der Waals surface area contributed by atoms with Gasteiger partial charge >= 0.3 is 0 Å². The van der Waals surface area contributed by atoms with Crippen LogP contribution in [0.15, 0.2) is 82.8 Å². The van der Waals surface area contributed by atoms with E-state index in [-0.39, 0.29) is 5.56 Å². The van der Waals surface area contributed by atoms with Crippen LogP contribution >= 0.6 is 0 Å². The zero-order valence-electron chi connectivity index (χ0n) is 17.4. The van der Waals surface area contributed by atoms with Crippen LogP contribution in [-0.4, -0.2) is 31.7 Å². The lowest BCUT2D eigenvalue weighted by atomic mass is 10.1. The van der Waals surface area contributed by atoms with E-state index in [4.69, 9.17) is 0 Å². The van der Waals surface area contributed by atoms with E-state index in [9.17, 15) is 4.79 Å². The molecule has 8 nitrogen and oxygen atoms in total. The highest BCUT2D eigenvalue weighted by atomic mass is 16.1. The van der Waals surface area contributed by atoms with Crippen molar-refractivity contribution in [1.29, 1.82) is 0 Å². The molecule has 4 rings (SSSR count). The lowest BCUT2D eigenvalue weighted by Crippen LogP contribution is -2.37. The van der Waals surface area contributed by atoms with Crippen LogP contribution in [0.1, 0.15) is 23.9 Å².